The van der Waals surface area contributed by atoms with Crippen molar-refractivity contribution in [1.29, 1.82) is 0 Å². The van der Waals surface area contributed by atoms with Crippen LogP contribution in [0.3, 0.4) is 0 Å². The highest BCUT2D eigenvalue weighted by Gasteiger charge is 2.27. The maximum absolute atomic E-state index is 12.7. The number of aromatic nitrogens is 2. The van der Waals surface area contributed by atoms with Crippen molar-refractivity contribution in [2.24, 2.45) is 12.0 Å². The third-order valence-corrected chi connectivity index (χ3v) is 4.54. The summed E-state index contributed by atoms with van der Waals surface area (Å²) in [6.07, 6.45) is 0.973. The number of nitrogens with one attached hydrogen (secondary N) is 1. The monoisotopic (exact) mass is 420 g/mol. The van der Waals surface area contributed by atoms with Crippen LogP contribution in [0, 0.1) is 0 Å². The van der Waals surface area contributed by atoms with Crippen LogP contribution in [0.25, 0.3) is 0 Å². The molecule has 1 aromatic carbocycles. The zero-order chi connectivity index (χ0) is 21.5. The zero-order valence-corrected chi connectivity index (χ0v) is 17.1. The number of guanidine groups is 1. The van der Waals surface area contributed by atoms with Crippen molar-refractivity contribution in [2.75, 3.05) is 37.7 Å². The number of aliphatic imine (C=N–C) groups is 1. The number of carbonyl (C=O) groups is 1. The molecule has 1 aliphatic heterocycles. The Hall–Kier alpha value is -3.17. The molecule has 0 radical (unpaired) electrons. The lowest BCUT2D eigenvalue weighted by atomic mass is 10.2. The average Bonchev–Trinajstić information content (AvgIpc) is 3.15. The van der Waals surface area contributed by atoms with E-state index in [4.69, 9.17) is 4.74 Å². The maximum atomic E-state index is 12.7. The molecule has 2 aromatic rings. The van der Waals surface area contributed by atoms with E-state index in [0.717, 1.165) is 11.3 Å². The van der Waals surface area contributed by atoms with Gasteiger partial charge < -0.3 is 19.9 Å². The number of amides is 1. The first-order valence-electron chi connectivity index (χ1n) is 9.78. The van der Waals surface area contributed by atoms with Crippen molar-refractivity contribution in [3.8, 4) is 5.75 Å². The van der Waals surface area contributed by atoms with Gasteiger partial charge >= 0.3 is 0 Å². The first-order chi connectivity index (χ1) is 14.5. The molecule has 10 heteroatoms. The van der Waals surface area contributed by atoms with Crippen LogP contribution in [0.4, 0.5) is 14.5 Å². The van der Waals surface area contributed by atoms with E-state index in [-0.39, 0.29) is 12.5 Å². The molecule has 1 fully saturated rings. The predicted octanol–water partition coefficient (Wildman–Crippen LogP) is 1.88. The minimum atomic E-state index is -2.52. The molecule has 8 nitrogen and oxygen atoms in total. The smallest absolute Gasteiger partial charge is 0.272 e. The van der Waals surface area contributed by atoms with Crippen LogP contribution in [-0.4, -0.2) is 65.8 Å². The van der Waals surface area contributed by atoms with Crippen molar-refractivity contribution >= 4 is 17.6 Å². The fourth-order valence-electron chi connectivity index (χ4n) is 3.16. The summed E-state index contributed by atoms with van der Waals surface area (Å²) >= 11 is 0. The highest BCUT2D eigenvalue weighted by molar-refractivity contribution is 5.98. The molecule has 0 unspecified atom stereocenters. The van der Waals surface area contributed by atoms with Gasteiger partial charge in [0.2, 0.25) is 5.91 Å². The molecule has 2 heterocycles. The minimum absolute atomic E-state index is 0.0257. The number of hydrogen-bond acceptors (Lipinski definition) is 4. The van der Waals surface area contributed by atoms with Gasteiger partial charge in [0.15, 0.2) is 5.96 Å². The van der Waals surface area contributed by atoms with Crippen molar-refractivity contribution in [3.05, 3.63) is 42.2 Å². The van der Waals surface area contributed by atoms with Gasteiger partial charge in [-0.25, -0.2) is 13.8 Å². The third kappa shape index (κ3) is 5.68. The summed E-state index contributed by atoms with van der Waals surface area (Å²) in [7, 11) is 1.81. The van der Waals surface area contributed by atoms with Gasteiger partial charge in [-0.3, -0.25) is 9.48 Å². The van der Waals surface area contributed by atoms with E-state index in [9.17, 15) is 13.6 Å². The summed E-state index contributed by atoms with van der Waals surface area (Å²) < 4.78 is 31.4. The molecule has 0 saturated carbocycles. The lowest BCUT2D eigenvalue weighted by Gasteiger charge is -2.35. The second-order valence-electron chi connectivity index (χ2n) is 6.86. The molecule has 162 valence electrons. The second-order valence-corrected chi connectivity index (χ2v) is 6.86. The van der Waals surface area contributed by atoms with Gasteiger partial charge in [-0.15, -0.1) is 0 Å². The number of benzene rings is 1. The van der Waals surface area contributed by atoms with Gasteiger partial charge in [-0.1, -0.05) is 12.1 Å². The fourth-order valence-corrected chi connectivity index (χ4v) is 3.16. The molecular formula is C20H26F2N6O2. The van der Waals surface area contributed by atoms with Crippen LogP contribution in [0.15, 0.2) is 41.7 Å². The molecule has 0 atom stereocenters. The molecule has 1 N–H and O–H groups in total. The van der Waals surface area contributed by atoms with E-state index in [1.807, 2.05) is 31.1 Å². The van der Waals surface area contributed by atoms with Crippen LogP contribution >= 0.6 is 0 Å². The molecule has 30 heavy (non-hydrogen) atoms. The summed E-state index contributed by atoms with van der Waals surface area (Å²) in [6.45, 7) is 3.69. The largest absolute Gasteiger partial charge is 0.488 e. The Morgan fingerprint density at radius 2 is 2.20 bits per heavy atom. The first kappa shape index (κ1) is 21.5. The summed E-state index contributed by atoms with van der Waals surface area (Å²) in [5.41, 5.74) is 1.61. The fraction of sp³-hybridized carbons (Fsp3) is 0.450. The van der Waals surface area contributed by atoms with Crippen molar-refractivity contribution in [2.45, 2.75) is 19.9 Å². The van der Waals surface area contributed by atoms with Gasteiger partial charge in [-0.2, -0.15) is 5.10 Å². The number of alkyl halides is 2. The van der Waals surface area contributed by atoms with Crippen molar-refractivity contribution < 1.29 is 18.3 Å². The van der Waals surface area contributed by atoms with E-state index >= 15 is 0 Å². The molecular weight excluding hydrogens is 394 g/mol. The third-order valence-electron chi connectivity index (χ3n) is 4.54. The normalized spacial score (nSPS) is 15.1. The van der Waals surface area contributed by atoms with Gasteiger partial charge in [0.1, 0.15) is 18.9 Å². The van der Waals surface area contributed by atoms with E-state index in [2.05, 4.69) is 15.4 Å². The van der Waals surface area contributed by atoms with Gasteiger partial charge in [0.05, 0.1) is 18.4 Å². The summed E-state index contributed by atoms with van der Waals surface area (Å²) in [6, 6.07) is 6.93. The number of ether oxygens (including phenoxy) is 1. The van der Waals surface area contributed by atoms with Crippen LogP contribution < -0.4 is 15.0 Å². The van der Waals surface area contributed by atoms with Crippen LogP contribution in [-0.2, 0) is 18.4 Å². The zero-order valence-electron chi connectivity index (χ0n) is 17.1. The average molecular weight is 420 g/mol. The standard InChI is InChI=1S/C20H26F2N6O2/c1-3-23-20(24-10-15-5-4-6-17(9-15)30-14-18(21)22)27-7-8-28(19(29)13-27)16-11-25-26(2)12-16/h4-6,9,11-12,18H,3,7-8,10,13-14H2,1-2H3,(H,23,24). The Bertz CT molecular complexity index is 886. The Balaban J connectivity index is 1.65. The number of nitrogens with zero attached hydrogens (tertiary/aromatic N) is 5. The quantitative estimate of drug-likeness (QED) is 0.547. The SMILES string of the molecule is CCNC(=NCc1cccc(OCC(F)F)c1)N1CCN(c2cnn(C)c2)C(=O)C1. The number of rotatable bonds is 7. The lowest BCUT2D eigenvalue weighted by Crippen LogP contribution is -2.55. The molecule has 1 aliphatic rings. The topological polar surface area (TPSA) is 75.0 Å². The minimum Gasteiger partial charge on any atom is -0.488 e. The maximum Gasteiger partial charge on any atom is 0.272 e. The van der Waals surface area contributed by atoms with Gasteiger partial charge in [0.25, 0.3) is 6.43 Å². The summed E-state index contributed by atoms with van der Waals surface area (Å²) in [5.74, 6) is 0.992. The number of halogens is 2. The number of carbonyl (C=O) groups excluding carboxylic acids is 1. The van der Waals surface area contributed by atoms with Gasteiger partial charge in [0, 0.05) is 32.9 Å². The van der Waals surface area contributed by atoms with Crippen LogP contribution in [0.5, 0.6) is 5.75 Å². The lowest BCUT2D eigenvalue weighted by molar-refractivity contribution is -0.120. The van der Waals surface area contributed by atoms with Crippen LogP contribution in [0.2, 0.25) is 0 Å². The van der Waals surface area contributed by atoms with E-state index < -0.39 is 13.0 Å². The Kier molecular flexibility index (Phi) is 7.21. The Morgan fingerprint density at radius 3 is 2.87 bits per heavy atom. The van der Waals surface area contributed by atoms with Crippen LogP contribution in [0.1, 0.15) is 12.5 Å². The number of piperazine rings is 1. The molecule has 1 aromatic heterocycles. The first-order valence-corrected chi connectivity index (χ1v) is 9.78. The van der Waals surface area contributed by atoms with Crippen molar-refractivity contribution in [3.63, 3.8) is 0 Å². The Labute approximate surface area is 174 Å². The molecule has 0 aliphatic carbocycles. The number of aryl methyl sites for hydroxylation is 1. The number of hydrogen-bond donors (Lipinski definition) is 1. The highest BCUT2D eigenvalue weighted by Crippen LogP contribution is 2.17. The van der Waals surface area contributed by atoms with Crippen molar-refractivity contribution in [1.82, 2.24) is 20.0 Å². The molecule has 1 saturated heterocycles. The molecule has 0 spiro atoms. The predicted molar refractivity (Wildman–Crippen MR) is 110 cm³/mol. The molecule has 0 bridgehead atoms. The summed E-state index contributed by atoms with van der Waals surface area (Å²) in [4.78, 5) is 20.9. The van der Waals surface area contributed by atoms with E-state index in [0.29, 0.717) is 37.9 Å². The Morgan fingerprint density at radius 1 is 1.37 bits per heavy atom. The second kappa shape index (κ2) is 10.0. The molecule has 1 amide bonds. The highest BCUT2D eigenvalue weighted by atomic mass is 19.3. The number of anilines is 1. The van der Waals surface area contributed by atoms with E-state index in [1.54, 1.807) is 34.0 Å². The summed E-state index contributed by atoms with van der Waals surface area (Å²) in [5, 5.41) is 7.34. The van der Waals surface area contributed by atoms with Gasteiger partial charge in [-0.05, 0) is 24.6 Å². The molecule has 3 rings (SSSR count). The van der Waals surface area contributed by atoms with E-state index in [1.165, 1.54) is 0 Å².